The predicted octanol–water partition coefficient (Wildman–Crippen LogP) is 4.05. The molecule has 1 amide bonds. The molecular weight excluding hydrogens is 516 g/mol. The van der Waals surface area contributed by atoms with Gasteiger partial charge in [-0.25, -0.2) is 23.1 Å². The lowest BCUT2D eigenvalue weighted by Gasteiger charge is -2.42. The molecule has 2 aliphatic rings. The Morgan fingerprint density at radius 1 is 1.15 bits per heavy atom. The lowest BCUT2D eigenvalue weighted by Crippen LogP contribution is -2.62. The van der Waals surface area contributed by atoms with Crippen molar-refractivity contribution in [2.75, 3.05) is 25.1 Å². The van der Waals surface area contributed by atoms with E-state index in [1.807, 2.05) is 13.0 Å². The van der Waals surface area contributed by atoms with Crippen LogP contribution >= 0.6 is 0 Å². The molecular formula is C29H31F2N7O2. The zero-order valence-corrected chi connectivity index (χ0v) is 22.3. The first-order valence-corrected chi connectivity index (χ1v) is 13.4. The number of imidazole rings is 1. The van der Waals surface area contributed by atoms with Crippen molar-refractivity contribution < 1.29 is 18.3 Å². The third-order valence-corrected chi connectivity index (χ3v) is 7.87. The molecule has 0 radical (unpaired) electrons. The van der Waals surface area contributed by atoms with Gasteiger partial charge in [-0.05, 0) is 60.6 Å². The van der Waals surface area contributed by atoms with Crippen LogP contribution in [0.3, 0.4) is 0 Å². The number of ether oxygens (including phenoxy) is 1. The average Bonchev–Trinajstić information content (AvgIpc) is 3.72. The number of hydrogen-bond acceptors (Lipinski definition) is 7. The molecule has 9 nitrogen and oxygen atoms in total. The van der Waals surface area contributed by atoms with E-state index in [-0.39, 0.29) is 35.2 Å². The van der Waals surface area contributed by atoms with E-state index in [1.165, 1.54) is 19.2 Å². The maximum atomic E-state index is 15.0. The Hall–Kier alpha value is -4.12. The van der Waals surface area contributed by atoms with Crippen molar-refractivity contribution in [2.24, 2.45) is 11.7 Å². The normalized spacial score (nSPS) is 21.0. The van der Waals surface area contributed by atoms with E-state index in [4.69, 9.17) is 10.5 Å². The van der Waals surface area contributed by atoms with Gasteiger partial charge in [-0.2, -0.15) is 5.10 Å². The van der Waals surface area contributed by atoms with Gasteiger partial charge in [0, 0.05) is 49.2 Å². The van der Waals surface area contributed by atoms with E-state index in [1.54, 1.807) is 35.2 Å². The Labute approximate surface area is 230 Å². The van der Waals surface area contributed by atoms with Gasteiger partial charge in [0.25, 0.3) is 0 Å². The highest BCUT2D eigenvalue weighted by molar-refractivity contribution is 5.68. The summed E-state index contributed by atoms with van der Waals surface area (Å²) in [5, 5.41) is 7.44. The number of piperidine rings is 1. The minimum Gasteiger partial charge on any atom is -0.453 e. The van der Waals surface area contributed by atoms with Crippen molar-refractivity contribution in [2.45, 2.75) is 44.2 Å². The maximum Gasteiger partial charge on any atom is 0.407 e. The number of carbonyl (C=O) groups excluding carboxylic acids is 1. The van der Waals surface area contributed by atoms with Crippen LogP contribution in [0.5, 0.6) is 0 Å². The standard InChI is InChI=1S/C29H31F2N7O2/c1-16-14-37(15-23(32)28(16)35-29(39)40-2)25-7-8-33-12-19(25)11-26-34-13-20-5-6-24(36-38(20)26)27-21(30)9-18(10-22(27)31)17-3-4-17/h5-10,12-13,16-17,23,28H,3-4,11,14-15,32H2,1-2H3,(H,35,39)/t16-,23+,28-/m0/s1. The highest BCUT2D eigenvalue weighted by Crippen LogP contribution is 2.42. The van der Waals surface area contributed by atoms with Gasteiger partial charge in [-0.1, -0.05) is 6.92 Å². The first-order valence-electron chi connectivity index (χ1n) is 13.4. The van der Waals surface area contributed by atoms with Gasteiger partial charge in [-0.15, -0.1) is 0 Å². The number of amides is 1. The van der Waals surface area contributed by atoms with Crippen LogP contribution in [0.2, 0.25) is 0 Å². The van der Waals surface area contributed by atoms with E-state index in [9.17, 15) is 4.79 Å². The van der Waals surface area contributed by atoms with Gasteiger partial charge < -0.3 is 20.7 Å². The Balaban J connectivity index is 1.28. The van der Waals surface area contributed by atoms with Crippen molar-refractivity contribution in [3.63, 3.8) is 0 Å². The Morgan fingerprint density at radius 2 is 1.93 bits per heavy atom. The number of hydrogen-bond donors (Lipinski definition) is 2. The fourth-order valence-electron chi connectivity index (χ4n) is 5.68. The van der Waals surface area contributed by atoms with Gasteiger partial charge in [0.2, 0.25) is 0 Å². The SMILES string of the molecule is COC(=O)N[C@@H]1[C@H](N)CN(c2ccncc2Cc2ncc3ccc(-c4c(F)cc(C5CC5)cc4F)nn23)C[C@@H]1C. The summed E-state index contributed by atoms with van der Waals surface area (Å²) in [6.07, 6.45) is 7.02. The Bertz CT molecular complexity index is 1540. The molecule has 6 rings (SSSR count). The number of nitrogens with two attached hydrogens (primary N) is 1. The topological polar surface area (TPSA) is 111 Å². The molecule has 1 aromatic carbocycles. The molecule has 3 aromatic heterocycles. The van der Waals surface area contributed by atoms with Crippen LogP contribution in [0.15, 0.2) is 48.9 Å². The molecule has 4 aromatic rings. The van der Waals surface area contributed by atoms with Gasteiger partial charge in [-0.3, -0.25) is 4.98 Å². The molecule has 0 unspecified atom stereocenters. The van der Waals surface area contributed by atoms with Gasteiger partial charge in [0.1, 0.15) is 17.5 Å². The Kier molecular flexibility index (Phi) is 6.83. The average molecular weight is 548 g/mol. The number of anilines is 1. The van der Waals surface area contributed by atoms with E-state index >= 15 is 8.78 Å². The summed E-state index contributed by atoms with van der Waals surface area (Å²) in [5.41, 5.74) is 9.81. The second kappa shape index (κ2) is 10.5. The molecule has 0 spiro atoms. The summed E-state index contributed by atoms with van der Waals surface area (Å²) in [6, 6.07) is 7.63. The first-order chi connectivity index (χ1) is 19.3. The highest BCUT2D eigenvalue weighted by atomic mass is 19.1. The molecule has 2 fully saturated rings. The van der Waals surface area contributed by atoms with Crippen molar-refractivity contribution in [1.29, 1.82) is 0 Å². The minimum atomic E-state index is -0.611. The van der Waals surface area contributed by atoms with Crippen molar-refractivity contribution in [3.05, 3.63) is 77.5 Å². The number of nitrogens with zero attached hydrogens (tertiary/aromatic N) is 5. The van der Waals surface area contributed by atoms with Crippen LogP contribution < -0.4 is 16.0 Å². The summed E-state index contributed by atoms with van der Waals surface area (Å²) in [7, 11) is 1.33. The van der Waals surface area contributed by atoms with E-state index in [0.29, 0.717) is 36.4 Å². The van der Waals surface area contributed by atoms with Crippen molar-refractivity contribution in [3.8, 4) is 11.3 Å². The fraction of sp³-hybridized carbons (Fsp3) is 0.379. The second-order valence-electron chi connectivity index (χ2n) is 10.8. The van der Waals surface area contributed by atoms with Crippen LogP contribution in [0, 0.1) is 17.6 Å². The van der Waals surface area contributed by atoms with Crippen molar-refractivity contribution >= 4 is 17.3 Å². The number of nitrogens with one attached hydrogen (secondary N) is 1. The fourth-order valence-corrected chi connectivity index (χ4v) is 5.68. The molecule has 1 aliphatic heterocycles. The van der Waals surface area contributed by atoms with Gasteiger partial charge in [0.15, 0.2) is 0 Å². The molecule has 3 atom stereocenters. The zero-order chi connectivity index (χ0) is 28.0. The first kappa shape index (κ1) is 26.1. The van der Waals surface area contributed by atoms with Crippen LogP contribution in [-0.2, 0) is 11.2 Å². The van der Waals surface area contributed by atoms with E-state index < -0.39 is 17.7 Å². The van der Waals surface area contributed by atoms with Gasteiger partial charge >= 0.3 is 6.09 Å². The summed E-state index contributed by atoms with van der Waals surface area (Å²) < 4.78 is 36.5. The van der Waals surface area contributed by atoms with E-state index in [2.05, 4.69) is 25.3 Å². The molecule has 1 saturated carbocycles. The number of methoxy groups -OCH3 is 1. The quantitative estimate of drug-likeness (QED) is 0.375. The largest absolute Gasteiger partial charge is 0.453 e. The number of pyridine rings is 1. The summed E-state index contributed by atoms with van der Waals surface area (Å²) in [4.78, 5) is 22.9. The molecule has 4 heterocycles. The van der Waals surface area contributed by atoms with Crippen LogP contribution in [0.1, 0.15) is 42.6 Å². The lowest BCUT2D eigenvalue weighted by molar-refractivity contribution is 0.156. The molecule has 1 saturated heterocycles. The second-order valence-corrected chi connectivity index (χ2v) is 10.8. The summed E-state index contributed by atoms with van der Waals surface area (Å²) >= 11 is 0. The minimum absolute atomic E-state index is 0.0661. The molecule has 208 valence electrons. The number of halogens is 2. The van der Waals surface area contributed by atoms with Crippen LogP contribution in [-0.4, -0.2) is 58.0 Å². The van der Waals surface area contributed by atoms with E-state index in [0.717, 1.165) is 24.1 Å². The Morgan fingerprint density at radius 3 is 2.62 bits per heavy atom. The molecule has 3 N–H and O–H groups in total. The number of rotatable bonds is 6. The smallest absolute Gasteiger partial charge is 0.407 e. The predicted molar refractivity (Wildman–Crippen MR) is 146 cm³/mol. The van der Waals surface area contributed by atoms with Crippen molar-refractivity contribution in [1.82, 2.24) is 24.9 Å². The number of fused-ring (bicyclic) bond motifs is 1. The van der Waals surface area contributed by atoms with Gasteiger partial charge in [0.05, 0.1) is 36.1 Å². The molecule has 40 heavy (non-hydrogen) atoms. The molecule has 11 heteroatoms. The molecule has 1 aliphatic carbocycles. The zero-order valence-electron chi connectivity index (χ0n) is 22.3. The highest BCUT2D eigenvalue weighted by Gasteiger charge is 2.34. The number of alkyl carbamates (subject to hydrolysis) is 1. The molecule has 0 bridgehead atoms. The van der Waals surface area contributed by atoms with Crippen LogP contribution in [0.25, 0.3) is 16.8 Å². The summed E-state index contributed by atoms with van der Waals surface area (Å²) in [6.45, 7) is 3.23. The third kappa shape index (κ3) is 4.97. The lowest BCUT2D eigenvalue weighted by atomic mass is 9.89. The summed E-state index contributed by atoms with van der Waals surface area (Å²) in [5.74, 6) is -0.298. The monoisotopic (exact) mass is 547 g/mol. The van der Waals surface area contributed by atoms with Crippen LogP contribution in [0.4, 0.5) is 19.3 Å². The number of carbonyl (C=O) groups is 1. The third-order valence-electron chi connectivity index (χ3n) is 7.87. The number of benzene rings is 1. The number of aromatic nitrogens is 4. The maximum absolute atomic E-state index is 15.0.